The number of ether oxygens (including phenoxy) is 1. The fourth-order valence-corrected chi connectivity index (χ4v) is 1.62. The van der Waals surface area contributed by atoms with E-state index in [4.69, 9.17) is 9.15 Å². The molecule has 1 N–H and O–H groups in total. The van der Waals surface area contributed by atoms with Gasteiger partial charge in [0.1, 0.15) is 5.76 Å². The van der Waals surface area contributed by atoms with Gasteiger partial charge in [0.25, 0.3) is 0 Å². The maximum absolute atomic E-state index is 5.70. The Morgan fingerprint density at radius 3 is 3.00 bits per heavy atom. The fraction of sp³-hybridized carbons (Fsp3) is 0.333. The third-order valence-electron chi connectivity index (χ3n) is 2.21. The minimum atomic E-state index is 0.654. The topological polar surface area (TPSA) is 34.4 Å². The predicted octanol–water partition coefficient (Wildman–Crippen LogP) is 2.55. The highest BCUT2D eigenvalue weighted by molar-refractivity contribution is 5.83. The number of rotatable bonds is 4. The number of nitrogens with one attached hydrogen (secondary N) is 1. The van der Waals surface area contributed by atoms with Crippen LogP contribution in [0.25, 0.3) is 11.0 Å². The van der Waals surface area contributed by atoms with Crippen LogP contribution in [0.3, 0.4) is 0 Å². The van der Waals surface area contributed by atoms with Crippen LogP contribution in [0.1, 0.15) is 12.7 Å². The van der Waals surface area contributed by atoms with Gasteiger partial charge in [-0.15, -0.1) is 0 Å². The molecule has 15 heavy (non-hydrogen) atoms. The lowest BCUT2D eigenvalue weighted by molar-refractivity contribution is 0.337. The summed E-state index contributed by atoms with van der Waals surface area (Å²) in [5.41, 5.74) is 0.838. The van der Waals surface area contributed by atoms with E-state index in [9.17, 15) is 0 Å². The summed E-state index contributed by atoms with van der Waals surface area (Å²) in [5, 5.41) is 4.15. The third kappa shape index (κ3) is 1.97. The number of hydrogen-bond donors (Lipinski definition) is 1. The summed E-state index contributed by atoms with van der Waals surface area (Å²) in [6.07, 6.45) is 0. The van der Waals surface area contributed by atoms with Crippen molar-refractivity contribution in [1.29, 1.82) is 0 Å². The van der Waals surface area contributed by atoms with E-state index in [0.717, 1.165) is 29.0 Å². The molecule has 0 spiro atoms. The van der Waals surface area contributed by atoms with Crippen LogP contribution in [0.4, 0.5) is 0 Å². The highest BCUT2D eigenvalue weighted by Gasteiger charge is 2.07. The van der Waals surface area contributed by atoms with Gasteiger partial charge in [-0.05, 0) is 26.1 Å². The van der Waals surface area contributed by atoms with Crippen molar-refractivity contribution in [2.45, 2.75) is 13.5 Å². The number of hydrogen-bond acceptors (Lipinski definition) is 3. The van der Waals surface area contributed by atoms with Crippen LogP contribution in [-0.4, -0.2) is 13.7 Å². The van der Waals surface area contributed by atoms with E-state index in [-0.39, 0.29) is 0 Å². The third-order valence-corrected chi connectivity index (χ3v) is 2.21. The molecular formula is C12H15NO2. The van der Waals surface area contributed by atoms with E-state index in [1.807, 2.05) is 38.2 Å². The molecule has 2 aromatic rings. The molecule has 1 heterocycles. The molecule has 1 aromatic heterocycles. The molecule has 0 aliphatic carbocycles. The van der Waals surface area contributed by atoms with Gasteiger partial charge in [0.2, 0.25) is 0 Å². The molecule has 0 saturated heterocycles. The van der Waals surface area contributed by atoms with E-state index < -0.39 is 0 Å². The molecular weight excluding hydrogens is 190 g/mol. The van der Waals surface area contributed by atoms with Crippen molar-refractivity contribution in [1.82, 2.24) is 5.32 Å². The zero-order valence-corrected chi connectivity index (χ0v) is 9.04. The summed E-state index contributed by atoms with van der Waals surface area (Å²) in [6, 6.07) is 7.97. The zero-order valence-electron chi connectivity index (χ0n) is 9.04. The summed E-state index contributed by atoms with van der Waals surface area (Å²) in [6.45, 7) is 3.36. The molecule has 0 amide bonds. The van der Waals surface area contributed by atoms with Crippen LogP contribution in [0.5, 0.6) is 5.75 Å². The van der Waals surface area contributed by atoms with Crippen molar-refractivity contribution in [2.24, 2.45) is 0 Å². The molecule has 0 aliphatic rings. The number of para-hydroxylation sites is 1. The lowest BCUT2D eigenvalue weighted by Gasteiger charge is -2.02. The van der Waals surface area contributed by atoms with Gasteiger partial charge in [-0.3, -0.25) is 0 Å². The lowest BCUT2D eigenvalue weighted by Crippen LogP contribution is -2.03. The second-order valence-corrected chi connectivity index (χ2v) is 3.35. The first kappa shape index (κ1) is 10.1. The van der Waals surface area contributed by atoms with E-state index in [1.54, 1.807) is 0 Å². The van der Waals surface area contributed by atoms with Crippen molar-refractivity contribution >= 4 is 11.0 Å². The Morgan fingerprint density at radius 1 is 1.40 bits per heavy atom. The van der Waals surface area contributed by atoms with Crippen LogP contribution in [0.15, 0.2) is 28.7 Å². The summed E-state index contributed by atoms with van der Waals surface area (Å²) in [4.78, 5) is 0. The predicted molar refractivity (Wildman–Crippen MR) is 60.1 cm³/mol. The largest absolute Gasteiger partial charge is 0.490 e. The molecule has 0 fully saturated rings. The van der Waals surface area contributed by atoms with Gasteiger partial charge < -0.3 is 14.5 Å². The first-order valence-electron chi connectivity index (χ1n) is 5.14. The number of benzene rings is 1. The lowest BCUT2D eigenvalue weighted by atomic mass is 10.2. The SMILES string of the molecule is CCOc1cccc2cc(CNC)oc12. The van der Waals surface area contributed by atoms with Crippen LogP contribution < -0.4 is 10.1 Å². The Bertz CT molecular complexity index is 448. The van der Waals surface area contributed by atoms with E-state index in [0.29, 0.717) is 6.61 Å². The number of fused-ring (bicyclic) bond motifs is 1. The molecule has 0 unspecified atom stereocenters. The van der Waals surface area contributed by atoms with Gasteiger partial charge in [-0.2, -0.15) is 0 Å². The minimum absolute atomic E-state index is 0.654. The normalized spacial score (nSPS) is 10.8. The smallest absolute Gasteiger partial charge is 0.176 e. The molecule has 80 valence electrons. The Morgan fingerprint density at radius 2 is 2.27 bits per heavy atom. The van der Waals surface area contributed by atoms with Gasteiger partial charge in [-0.1, -0.05) is 12.1 Å². The molecule has 3 heteroatoms. The molecule has 0 atom stereocenters. The van der Waals surface area contributed by atoms with Crippen molar-refractivity contribution in [2.75, 3.05) is 13.7 Å². The van der Waals surface area contributed by atoms with Crippen molar-refractivity contribution < 1.29 is 9.15 Å². The van der Waals surface area contributed by atoms with Crippen LogP contribution >= 0.6 is 0 Å². The number of furan rings is 1. The Balaban J connectivity index is 2.44. The van der Waals surface area contributed by atoms with Crippen molar-refractivity contribution in [3.05, 3.63) is 30.0 Å². The highest BCUT2D eigenvalue weighted by atomic mass is 16.5. The fourth-order valence-electron chi connectivity index (χ4n) is 1.62. The molecule has 0 aliphatic heterocycles. The van der Waals surface area contributed by atoms with Gasteiger partial charge in [0.15, 0.2) is 11.3 Å². The van der Waals surface area contributed by atoms with E-state index >= 15 is 0 Å². The minimum Gasteiger partial charge on any atom is -0.490 e. The van der Waals surface area contributed by atoms with Crippen LogP contribution in [-0.2, 0) is 6.54 Å². The first-order valence-corrected chi connectivity index (χ1v) is 5.14. The molecule has 3 nitrogen and oxygen atoms in total. The monoisotopic (exact) mass is 205 g/mol. The zero-order chi connectivity index (χ0) is 10.7. The highest BCUT2D eigenvalue weighted by Crippen LogP contribution is 2.28. The Kier molecular flexibility index (Phi) is 2.92. The van der Waals surface area contributed by atoms with E-state index in [1.165, 1.54) is 0 Å². The maximum atomic E-state index is 5.70. The molecule has 0 saturated carbocycles. The van der Waals surface area contributed by atoms with Crippen LogP contribution in [0, 0.1) is 0 Å². The van der Waals surface area contributed by atoms with E-state index in [2.05, 4.69) is 5.32 Å². The maximum Gasteiger partial charge on any atom is 0.176 e. The van der Waals surface area contributed by atoms with Gasteiger partial charge in [0.05, 0.1) is 13.2 Å². The molecule has 2 rings (SSSR count). The molecule has 1 aromatic carbocycles. The first-order chi connectivity index (χ1) is 7.35. The second-order valence-electron chi connectivity index (χ2n) is 3.35. The van der Waals surface area contributed by atoms with Gasteiger partial charge in [0, 0.05) is 5.39 Å². The summed E-state index contributed by atoms with van der Waals surface area (Å²) >= 11 is 0. The van der Waals surface area contributed by atoms with Crippen LogP contribution in [0.2, 0.25) is 0 Å². The van der Waals surface area contributed by atoms with Gasteiger partial charge in [-0.25, -0.2) is 0 Å². The molecule has 0 bridgehead atoms. The molecule has 0 radical (unpaired) electrons. The Hall–Kier alpha value is -1.48. The summed E-state index contributed by atoms with van der Waals surface area (Å²) < 4.78 is 11.2. The van der Waals surface area contributed by atoms with Crippen molar-refractivity contribution in [3.8, 4) is 5.75 Å². The van der Waals surface area contributed by atoms with Crippen molar-refractivity contribution in [3.63, 3.8) is 0 Å². The average molecular weight is 205 g/mol. The summed E-state index contributed by atoms with van der Waals surface area (Å²) in [5.74, 6) is 1.75. The van der Waals surface area contributed by atoms with Gasteiger partial charge >= 0.3 is 0 Å². The average Bonchev–Trinajstić information content (AvgIpc) is 2.62. The Labute approximate surface area is 89.0 Å². The quantitative estimate of drug-likeness (QED) is 0.833. The standard InChI is InChI=1S/C12H15NO2/c1-3-14-11-6-4-5-9-7-10(8-13-2)15-12(9)11/h4-7,13H,3,8H2,1-2H3. The second kappa shape index (κ2) is 4.36. The summed E-state index contributed by atoms with van der Waals surface area (Å²) in [7, 11) is 1.90.